The molecule has 0 unspecified atom stereocenters. The highest BCUT2D eigenvalue weighted by atomic mass is 35.5. The second kappa shape index (κ2) is 11.4. The average Bonchev–Trinajstić information content (AvgIpc) is 3.10. The van der Waals surface area contributed by atoms with Crippen LogP contribution in [0.2, 0.25) is 5.02 Å². The van der Waals surface area contributed by atoms with Crippen molar-refractivity contribution in [3.63, 3.8) is 0 Å². The fourth-order valence-electron chi connectivity index (χ4n) is 3.21. The van der Waals surface area contributed by atoms with Gasteiger partial charge in [-0.1, -0.05) is 59.8 Å². The van der Waals surface area contributed by atoms with Crippen molar-refractivity contribution in [3.8, 4) is 11.5 Å². The molecule has 9 heteroatoms. The van der Waals surface area contributed by atoms with Gasteiger partial charge >= 0.3 is 0 Å². The van der Waals surface area contributed by atoms with Gasteiger partial charge in [-0.05, 0) is 72.7 Å². The summed E-state index contributed by atoms with van der Waals surface area (Å²) in [5.74, 6) is 0.497. The van der Waals surface area contributed by atoms with Crippen LogP contribution in [-0.2, 0) is 4.79 Å². The smallest absolute Gasteiger partial charge is 0.285 e. The molecule has 178 valence electrons. The SMILES string of the molecule is Cc1ccc(C(=O)NN2C(=O)/C(=C\c3cccc(OCCOc4ccccc4)c3)SC2=S)c(Cl)c1. The van der Waals surface area contributed by atoms with E-state index in [2.05, 4.69) is 5.43 Å². The summed E-state index contributed by atoms with van der Waals surface area (Å²) in [7, 11) is 0. The number of nitrogens with one attached hydrogen (secondary N) is 1. The molecule has 1 saturated heterocycles. The van der Waals surface area contributed by atoms with Crippen molar-refractivity contribution in [2.75, 3.05) is 13.2 Å². The molecule has 1 heterocycles. The number of benzene rings is 3. The molecule has 0 saturated carbocycles. The van der Waals surface area contributed by atoms with Crippen molar-refractivity contribution in [2.24, 2.45) is 0 Å². The number of aryl methyl sites for hydroxylation is 1. The number of thioether (sulfide) groups is 1. The Balaban J connectivity index is 1.37. The number of carbonyl (C=O) groups excluding carboxylic acids is 2. The van der Waals surface area contributed by atoms with E-state index in [1.165, 1.54) is 0 Å². The van der Waals surface area contributed by atoms with E-state index in [9.17, 15) is 9.59 Å². The van der Waals surface area contributed by atoms with E-state index >= 15 is 0 Å². The highest BCUT2D eigenvalue weighted by Crippen LogP contribution is 2.32. The molecule has 0 aromatic heterocycles. The van der Waals surface area contributed by atoms with Crippen LogP contribution >= 0.6 is 35.6 Å². The predicted octanol–water partition coefficient (Wildman–Crippen LogP) is 5.65. The number of halogens is 1. The van der Waals surface area contributed by atoms with Crippen LogP contribution in [0.1, 0.15) is 21.5 Å². The van der Waals surface area contributed by atoms with E-state index in [-0.39, 0.29) is 9.88 Å². The number of carbonyl (C=O) groups is 2. The second-order valence-corrected chi connectivity index (χ2v) is 9.61. The fourth-order valence-corrected chi connectivity index (χ4v) is 4.71. The zero-order valence-corrected chi connectivity index (χ0v) is 21.1. The molecule has 0 aliphatic carbocycles. The molecule has 0 radical (unpaired) electrons. The molecule has 0 bridgehead atoms. The zero-order chi connectivity index (χ0) is 24.8. The minimum Gasteiger partial charge on any atom is -0.490 e. The van der Waals surface area contributed by atoms with Crippen molar-refractivity contribution in [1.29, 1.82) is 0 Å². The summed E-state index contributed by atoms with van der Waals surface area (Å²) in [6.45, 7) is 2.64. The van der Waals surface area contributed by atoms with E-state index in [0.29, 0.717) is 28.9 Å². The van der Waals surface area contributed by atoms with Crippen LogP contribution in [0, 0.1) is 6.92 Å². The van der Waals surface area contributed by atoms with Crippen molar-refractivity contribution < 1.29 is 19.1 Å². The summed E-state index contributed by atoms with van der Waals surface area (Å²) in [5.41, 5.74) is 4.50. The van der Waals surface area contributed by atoms with Gasteiger partial charge in [0.25, 0.3) is 11.8 Å². The van der Waals surface area contributed by atoms with Gasteiger partial charge in [0.1, 0.15) is 24.7 Å². The first-order valence-corrected chi connectivity index (χ1v) is 12.3. The average molecular weight is 525 g/mol. The Labute approximate surface area is 217 Å². The number of nitrogens with zero attached hydrogens (tertiary/aromatic N) is 1. The second-order valence-electron chi connectivity index (χ2n) is 7.52. The number of hydrogen-bond donors (Lipinski definition) is 1. The van der Waals surface area contributed by atoms with E-state index in [1.807, 2.05) is 61.5 Å². The van der Waals surface area contributed by atoms with Crippen LogP contribution in [0.5, 0.6) is 11.5 Å². The number of ether oxygens (including phenoxy) is 2. The molecule has 1 aliphatic rings. The van der Waals surface area contributed by atoms with Gasteiger partial charge in [-0.25, -0.2) is 0 Å². The Hall–Kier alpha value is -3.33. The lowest BCUT2D eigenvalue weighted by Gasteiger charge is -2.16. The molecular formula is C26H21ClN2O4S2. The summed E-state index contributed by atoms with van der Waals surface area (Å²) in [5, 5.41) is 1.36. The Bertz CT molecular complexity index is 1300. The predicted molar refractivity (Wildman–Crippen MR) is 143 cm³/mol. The first-order chi connectivity index (χ1) is 16.9. The van der Waals surface area contributed by atoms with Crippen molar-refractivity contribution in [3.05, 3.63) is 99.4 Å². The molecule has 3 aromatic rings. The molecule has 1 aliphatic heterocycles. The monoisotopic (exact) mass is 524 g/mol. The van der Waals surface area contributed by atoms with Crippen LogP contribution in [-0.4, -0.2) is 34.4 Å². The minimum absolute atomic E-state index is 0.225. The summed E-state index contributed by atoms with van der Waals surface area (Å²) < 4.78 is 11.6. The number of thiocarbonyl (C=S) groups is 1. The zero-order valence-electron chi connectivity index (χ0n) is 18.7. The quantitative estimate of drug-likeness (QED) is 0.233. The third kappa shape index (κ3) is 6.42. The standard InChI is InChI=1S/C26H21ClN2O4S2/c1-17-10-11-21(22(27)14-17)24(30)28-29-25(31)23(35-26(29)34)16-18-6-5-9-20(15-18)33-13-12-32-19-7-3-2-4-8-19/h2-11,14-16H,12-13H2,1H3,(H,28,30)/b23-16+. The number of hydrogen-bond acceptors (Lipinski definition) is 6. The van der Waals surface area contributed by atoms with Gasteiger partial charge in [0.05, 0.1) is 15.5 Å². The van der Waals surface area contributed by atoms with Gasteiger partial charge in [0, 0.05) is 0 Å². The summed E-state index contributed by atoms with van der Waals surface area (Å²) in [4.78, 5) is 25.9. The molecule has 35 heavy (non-hydrogen) atoms. The van der Waals surface area contributed by atoms with E-state index in [1.54, 1.807) is 24.3 Å². The lowest BCUT2D eigenvalue weighted by Crippen LogP contribution is -2.44. The molecule has 3 aromatic carbocycles. The number of hydrazine groups is 1. The first kappa shape index (κ1) is 24.8. The molecule has 1 fully saturated rings. The van der Waals surface area contributed by atoms with Crippen molar-refractivity contribution in [1.82, 2.24) is 10.4 Å². The minimum atomic E-state index is -0.513. The molecule has 4 rings (SSSR count). The van der Waals surface area contributed by atoms with E-state index in [4.69, 9.17) is 33.3 Å². The van der Waals surface area contributed by atoms with Gasteiger partial charge < -0.3 is 9.47 Å². The third-order valence-corrected chi connectivity index (χ3v) is 6.51. The number of para-hydroxylation sites is 1. The Morgan fingerprint density at radius 2 is 1.74 bits per heavy atom. The van der Waals surface area contributed by atoms with Crippen molar-refractivity contribution >= 4 is 57.8 Å². The Morgan fingerprint density at radius 1 is 1.03 bits per heavy atom. The maximum absolute atomic E-state index is 12.9. The number of amides is 2. The first-order valence-electron chi connectivity index (χ1n) is 10.7. The van der Waals surface area contributed by atoms with E-state index < -0.39 is 11.8 Å². The normalized spacial score (nSPS) is 14.3. The van der Waals surface area contributed by atoms with Crippen LogP contribution in [0.3, 0.4) is 0 Å². The summed E-state index contributed by atoms with van der Waals surface area (Å²) in [6, 6.07) is 21.9. The van der Waals surface area contributed by atoms with Gasteiger partial charge in [-0.2, -0.15) is 5.01 Å². The molecule has 0 atom stereocenters. The van der Waals surface area contributed by atoms with Gasteiger partial charge in [0.2, 0.25) is 0 Å². The van der Waals surface area contributed by atoms with Crippen LogP contribution < -0.4 is 14.9 Å². The fraction of sp³-hybridized carbons (Fsp3) is 0.115. The van der Waals surface area contributed by atoms with Crippen LogP contribution in [0.4, 0.5) is 0 Å². The topological polar surface area (TPSA) is 67.9 Å². The lowest BCUT2D eigenvalue weighted by molar-refractivity contribution is -0.123. The maximum Gasteiger partial charge on any atom is 0.285 e. The molecule has 6 nitrogen and oxygen atoms in total. The molecular weight excluding hydrogens is 504 g/mol. The highest BCUT2D eigenvalue weighted by molar-refractivity contribution is 8.26. The van der Waals surface area contributed by atoms with Gasteiger partial charge in [0.15, 0.2) is 4.32 Å². The summed E-state index contributed by atoms with van der Waals surface area (Å²) in [6.07, 6.45) is 1.71. The van der Waals surface area contributed by atoms with Crippen LogP contribution in [0.25, 0.3) is 6.08 Å². The third-order valence-electron chi connectivity index (χ3n) is 4.90. The summed E-state index contributed by atoms with van der Waals surface area (Å²) >= 11 is 12.6. The van der Waals surface area contributed by atoms with Crippen molar-refractivity contribution in [2.45, 2.75) is 6.92 Å². The maximum atomic E-state index is 12.9. The van der Waals surface area contributed by atoms with Gasteiger partial charge in [-0.3, -0.25) is 15.0 Å². The lowest BCUT2D eigenvalue weighted by atomic mass is 10.1. The number of rotatable bonds is 8. The largest absolute Gasteiger partial charge is 0.490 e. The molecule has 0 spiro atoms. The molecule has 2 amide bonds. The highest BCUT2D eigenvalue weighted by Gasteiger charge is 2.34. The van der Waals surface area contributed by atoms with Gasteiger partial charge in [-0.15, -0.1) is 0 Å². The Morgan fingerprint density at radius 3 is 2.49 bits per heavy atom. The Kier molecular flexibility index (Phi) is 8.07. The van der Waals surface area contributed by atoms with E-state index in [0.717, 1.165) is 33.6 Å². The molecule has 1 N–H and O–H groups in total. The van der Waals surface area contributed by atoms with Crippen LogP contribution in [0.15, 0.2) is 77.7 Å².